The number of para-hydroxylation sites is 1. The molecule has 0 saturated carbocycles. The molecule has 23 heavy (non-hydrogen) atoms. The number of primary amides is 1. The standard InChI is InChI=1S/C9H8O4.C7H8N2O/c1-6(10)13-8-5-3-2-4-7(8)9(11)12;1-9-4-2-3-6(5-9)7(8)10/h2-5H,1H3,(H,11,12);2-5H,1H3,(H-,8,10). The molecule has 1 amide bonds. The van der Waals surface area contributed by atoms with Crippen LogP contribution >= 0.6 is 0 Å². The quantitative estimate of drug-likeness (QED) is 0.469. The van der Waals surface area contributed by atoms with Crippen LogP contribution in [0.25, 0.3) is 0 Å². The van der Waals surface area contributed by atoms with Gasteiger partial charge < -0.3 is 20.4 Å². The van der Waals surface area contributed by atoms with Gasteiger partial charge >= 0.3 is 5.97 Å². The zero-order chi connectivity index (χ0) is 17.4. The average Bonchev–Trinajstić information content (AvgIpc) is 2.47. The minimum absolute atomic E-state index is 0.00926. The van der Waals surface area contributed by atoms with E-state index in [-0.39, 0.29) is 11.3 Å². The van der Waals surface area contributed by atoms with Crippen molar-refractivity contribution in [1.29, 1.82) is 0 Å². The predicted molar refractivity (Wildman–Crippen MR) is 78.2 cm³/mol. The first-order valence-electron chi connectivity index (χ1n) is 6.55. The van der Waals surface area contributed by atoms with E-state index in [4.69, 9.17) is 5.73 Å². The minimum atomic E-state index is -1.36. The zero-order valence-corrected chi connectivity index (χ0v) is 12.7. The van der Waals surface area contributed by atoms with Crippen LogP contribution in [0.2, 0.25) is 0 Å². The largest absolute Gasteiger partial charge is 0.545 e. The normalized spacial score (nSPS) is 9.30. The predicted octanol–water partition coefficient (Wildman–Crippen LogP) is -0.415. The number of carbonyl (C=O) groups excluding carboxylic acids is 3. The van der Waals surface area contributed by atoms with Crippen molar-refractivity contribution in [3.8, 4) is 5.75 Å². The maximum atomic E-state index is 10.6. The van der Waals surface area contributed by atoms with Crippen molar-refractivity contribution < 1.29 is 28.8 Å². The lowest BCUT2D eigenvalue weighted by Crippen LogP contribution is -2.28. The molecule has 0 atom stereocenters. The molecule has 0 spiro atoms. The first-order valence-corrected chi connectivity index (χ1v) is 6.55. The van der Waals surface area contributed by atoms with Gasteiger partial charge in [0, 0.05) is 18.6 Å². The molecule has 0 aliphatic heterocycles. The van der Waals surface area contributed by atoms with Gasteiger partial charge in [-0.15, -0.1) is 0 Å². The van der Waals surface area contributed by atoms with Gasteiger partial charge in [0.1, 0.15) is 18.4 Å². The number of hydrogen-bond acceptors (Lipinski definition) is 5. The Bertz CT molecular complexity index is 728. The highest BCUT2D eigenvalue weighted by atomic mass is 16.5. The summed E-state index contributed by atoms with van der Waals surface area (Å²) in [5.41, 5.74) is 5.44. The van der Waals surface area contributed by atoms with Crippen molar-refractivity contribution in [3.05, 3.63) is 59.9 Å². The van der Waals surface area contributed by atoms with Gasteiger partial charge in [0.25, 0.3) is 5.91 Å². The smallest absolute Gasteiger partial charge is 0.308 e. The Hall–Kier alpha value is -3.22. The van der Waals surface area contributed by atoms with Crippen LogP contribution in [0.1, 0.15) is 27.6 Å². The van der Waals surface area contributed by atoms with Crippen LogP contribution in [0.3, 0.4) is 0 Å². The SMILES string of the molecule is CC(=O)Oc1ccccc1C(=O)[O-].C[n+]1cccc(C(N)=O)c1. The highest BCUT2D eigenvalue weighted by molar-refractivity contribution is 5.92. The van der Waals surface area contributed by atoms with E-state index in [9.17, 15) is 19.5 Å². The summed E-state index contributed by atoms with van der Waals surface area (Å²) >= 11 is 0. The van der Waals surface area contributed by atoms with E-state index in [0.717, 1.165) is 0 Å². The van der Waals surface area contributed by atoms with Crippen molar-refractivity contribution in [3.63, 3.8) is 0 Å². The topological polar surface area (TPSA) is 113 Å². The molecule has 2 aromatic rings. The summed E-state index contributed by atoms with van der Waals surface area (Å²) in [5.74, 6) is -2.31. The first kappa shape index (κ1) is 17.8. The number of hydrogen-bond donors (Lipinski definition) is 1. The fourth-order valence-electron chi connectivity index (χ4n) is 1.61. The molecule has 1 heterocycles. The molecule has 1 aromatic heterocycles. The van der Waals surface area contributed by atoms with E-state index < -0.39 is 17.8 Å². The Balaban J connectivity index is 0.000000238. The summed E-state index contributed by atoms with van der Waals surface area (Å²) in [4.78, 5) is 31.6. The third-order valence-corrected chi connectivity index (χ3v) is 2.58. The van der Waals surface area contributed by atoms with Crippen LogP contribution in [0.15, 0.2) is 48.8 Å². The monoisotopic (exact) mass is 316 g/mol. The molecule has 0 saturated heterocycles. The van der Waals surface area contributed by atoms with Gasteiger partial charge in [-0.3, -0.25) is 9.59 Å². The summed E-state index contributed by atoms with van der Waals surface area (Å²) in [6, 6.07) is 9.27. The molecule has 0 bridgehead atoms. The fourth-order valence-corrected chi connectivity index (χ4v) is 1.61. The summed E-state index contributed by atoms with van der Waals surface area (Å²) in [7, 11) is 1.84. The van der Waals surface area contributed by atoms with E-state index in [0.29, 0.717) is 5.56 Å². The number of aromatic carboxylic acids is 1. The second kappa shape index (κ2) is 8.28. The van der Waals surface area contributed by atoms with Crippen molar-refractivity contribution in [2.24, 2.45) is 12.8 Å². The Kier molecular flexibility index (Phi) is 6.42. The summed E-state index contributed by atoms with van der Waals surface area (Å²) < 4.78 is 6.42. The lowest BCUT2D eigenvalue weighted by molar-refractivity contribution is -0.671. The lowest BCUT2D eigenvalue weighted by atomic mass is 10.2. The van der Waals surface area contributed by atoms with Gasteiger partial charge in [0.15, 0.2) is 12.4 Å². The number of amides is 1. The van der Waals surface area contributed by atoms with Crippen LogP contribution in [0.5, 0.6) is 5.75 Å². The van der Waals surface area contributed by atoms with Crippen LogP contribution in [0.4, 0.5) is 0 Å². The van der Waals surface area contributed by atoms with E-state index in [1.165, 1.54) is 25.1 Å². The minimum Gasteiger partial charge on any atom is -0.545 e. The lowest BCUT2D eigenvalue weighted by Gasteiger charge is -2.08. The number of carboxylic acids is 1. The van der Waals surface area contributed by atoms with Gasteiger partial charge in [0.05, 0.1) is 5.97 Å². The Morgan fingerprint density at radius 1 is 1.13 bits per heavy atom. The molecule has 2 N–H and O–H groups in total. The number of aromatic nitrogens is 1. The van der Waals surface area contributed by atoms with Crippen molar-refractivity contribution in [2.45, 2.75) is 6.92 Å². The van der Waals surface area contributed by atoms with E-state index in [2.05, 4.69) is 4.74 Å². The molecule has 7 heteroatoms. The second-order valence-corrected chi connectivity index (χ2v) is 4.50. The number of nitrogens with two attached hydrogens (primary N) is 1. The number of pyridine rings is 1. The van der Waals surface area contributed by atoms with Crippen LogP contribution < -0.4 is 20.1 Å². The number of rotatable bonds is 3. The highest BCUT2D eigenvalue weighted by Gasteiger charge is 2.05. The van der Waals surface area contributed by atoms with Gasteiger partial charge in [-0.1, -0.05) is 12.1 Å². The number of carbonyl (C=O) groups is 3. The molecule has 0 unspecified atom stereocenters. The van der Waals surface area contributed by atoms with Crippen LogP contribution in [-0.2, 0) is 11.8 Å². The van der Waals surface area contributed by atoms with E-state index in [1.807, 2.05) is 13.2 Å². The zero-order valence-electron chi connectivity index (χ0n) is 12.7. The summed E-state index contributed by atoms with van der Waals surface area (Å²) in [5, 5.41) is 10.5. The molecular weight excluding hydrogens is 300 g/mol. The number of aryl methyl sites for hydroxylation is 1. The third-order valence-electron chi connectivity index (χ3n) is 2.58. The summed E-state index contributed by atoms with van der Waals surface area (Å²) in [6.07, 6.45) is 3.52. The molecule has 0 aliphatic rings. The molecule has 2 rings (SSSR count). The molecule has 0 fully saturated rings. The molecular formula is C16H16N2O5. The molecule has 0 aliphatic carbocycles. The van der Waals surface area contributed by atoms with E-state index in [1.54, 1.807) is 29.0 Å². The first-order chi connectivity index (χ1) is 10.8. The van der Waals surface area contributed by atoms with Gasteiger partial charge in [-0.2, -0.15) is 0 Å². The molecule has 120 valence electrons. The van der Waals surface area contributed by atoms with Crippen molar-refractivity contribution in [1.82, 2.24) is 0 Å². The molecule has 0 radical (unpaired) electrons. The number of carboxylic acid groups (broad SMARTS) is 1. The Morgan fingerprint density at radius 3 is 2.26 bits per heavy atom. The Labute approximate surface area is 132 Å². The highest BCUT2D eigenvalue weighted by Crippen LogP contribution is 2.16. The maximum absolute atomic E-state index is 10.6. The number of esters is 1. The van der Waals surface area contributed by atoms with Crippen LogP contribution in [0, 0.1) is 0 Å². The van der Waals surface area contributed by atoms with Crippen molar-refractivity contribution in [2.75, 3.05) is 0 Å². The number of ether oxygens (including phenoxy) is 1. The summed E-state index contributed by atoms with van der Waals surface area (Å²) in [6.45, 7) is 1.20. The van der Waals surface area contributed by atoms with Crippen molar-refractivity contribution >= 4 is 17.8 Å². The van der Waals surface area contributed by atoms with Crippen LogP contribution in [-0.4, -0.2) is 17.8 Å². The maximum Gasteiger partial charge on any atom is 0.308 e. The van der Waals surface area contributed by atoms with Gasteiger partial charge in [-0.25, -0.2) is 4.57 Å². The number of nitrogens with zero attached hydrogens (tertiary/aromatic N) is 1. The second-order valence-electron chi connectivity index (χ2n) is 4.50. The molecule has 7 nitrogen and oxygen atoms in total. The van der Waals surface area contributed by atoms with E-state index >= 15 is 0 Å². The average molecular weight is 316 g/mol. The fraction of sp³-hybridized carbons (Fsp3) is 0.125. The Morgan fingerprint density at radius 2 is 1.78 bits per heavy atom. The van der Waals surface area contributed by atoms with Gasteiger partial charge in [-0.05, 0) is 18.2 Å². The number of benzene rings is 1. The third kappa shape index (κ3) is 5.96. The molecule has 1 aromatic carbocycles. The van der Waals surface area contributed by atoms with Gasteiger partial charge in [0.2, 0.25) is 0 Å².